The number of hydrogen-bond acceptors (Lipinski definition) is 3. The second kappa shape index (κ2) is 9.95. The van der Waals surface area contributed by atoms with Gasteiger partial charge < -0.3 is 14.5 Å². The Morgan fingerprint density at radius 1 is 1.16 bits per heavy atom. The second-order valence-electron chi connectivity index (χ2n) is 8.58. The molecule has 1 heterocycles. The Morgan fingerprint density at radius 2 is 1.94 bits per heavy atom. The number of carbonyl (C=O) groups excluding carboxylic acids is 2. The number of ether oxygens (including phenoxy) is 1. The second-order valence-corrected chi connectivity index (χ2v) is 8.99. The maximum absolute atomic E-state index is 13.2. The highest BCUT2D eigenvalue weighted by Crippen LogP contribution is 2.39. The van der Waals surface area contributed by atoms with Crippen LogP contribution in [-0.2, 0) is 22.4 Å². The van der Waals surface area contributed by atoms with Crippen LogP contribution in [0.25, 0.3) is 0 Å². The van der Waals surface area contributed by atoms with Gasteiger partial charge in [-0.25, -0.2) is 0 Å². The zero-order valence-electron chi connectivity index (χ0n) is 18.9. The molecular weight excluding hydrogens is 424 g/mol. The number of carbonyl (C=O) groups is 2. The molecule has 2 amide bonds. The van der Waals surface area contributed by atoms with Gasteiger partial charge in [-0.15, -0.1) is 0 Å². The summed E-state index contributed by atoms with van der Waals surface area (Å²) in [7, 11) is 0. The average molecular weight is 455 g/mol. The lowest BCUT2D eigenvalue weighted by atomic mass is 9.97. The summed E-state index contributed by atoms with van der Waals surface area (Å²) in [5.74, 6) is 0.714. The normalized spacial score (nSPS) is 19.8. The maximum Gasteiger partial charge on any atom is 0.260 e. The van der Waals surface area contributed by atoms with Crippen molar-refractivity contribution in [2.45, 2.75) is 45.6 Å². The quantitative estimate of drug-likeness (QED) is 0.582. The Balaban J connectivity index is 1.36. The zero-order chi connectivity index (χ0) is 22.7. The molecule has 1 aliphatic heterocycles. The number of halogens is 1. The molecule has 0 radical (unpaired) electrons. The van der Waals surface area contributed by atoms with Crippen LogP contribution in [0, 0.1) is 5.92 Å². The molecule has 1 aliphatic carbocycles. The molecule has 2 aliphatic rings. The van der Waals surface area contributed by atoms with Crippen LogP contribution in [0.3, 0.4) is 0 Å². The summed E-state index contributed by atoms with van der Waals surface area (Å²) in [6.45, 7) is 6.02. The Bertz CT molecular complexity index is 989. The molecule has 0 saturated carbocycles. The van der Waals surface area contributed by atoms with E-state index in [1.807, 2.05) is 26.0 Å². The fraction of sp³-hybridized carbons (Fsp3) is 0.462. The van der Waals surface area contributed by atoms with Crippen molar-refractivity contribution in [3.05, 3.63) is 64.2 Å². The van der Waals surface area contributed by atoms with Gasteiger partial charge in [-0.1, -0.05) is 41.9 Å². The molecule has 4 rings (SSSR count). The molecule has 0 N–H and O–H groups in total. The summed E-state index contributed by atoms with van der Waals surface area (Å²) in [5.41, 5.74) is 3.62. The third-order valence-corrected chi connectivity index (χ3v) is 7.15. The van der Waals surface area contributed by atoms with E-state index < -0.39 is 0 Å². The van der Waals surface area contributed by atoms with E-state index in [4.69, 9.17) is 16.3 Å². The van der Waals surface area contributed by atoms with Gasteiger partial charge in [0.1, 0.15) is 5.75 Å². The molecule has 2 aromatic carbocycles. The molecule has 1 saturated heterocycles. The van der Waals surface area contributed by atoms with Crippen molar-refractivity contribution in [2.75, 3.05) is 26.2 Å². The predicted octanol–water partition coefficient (Wildman–Crippen LogP) is 4.67. The highest BCUT2D eigenvalue weighted by Gasteiger charge is 2.38. The van der Waals surface area contributed by atoms with Gasteiger partial charge in [0.2, 0.25) is 5.91 Å². The van der Waals surface area contributed by atoms with Crippen molar-refractivity contribution in [1.29, 1.82) is 0 Å². The highest BCUT2D eigenvalue weighted by molar-refractivity contribution is 6.31. The van der Waals surface area contributed by atoms with Gasteiger partial charge in [0.25, 0.3) is 5.91 Å². The summed E-state index contributed by atoms with van der Waals surface area (Å²) >= 11 is 6.52. The fourth-order valence-electron chi connectivity index (χ4n) is 4.98. The monoisotopic (exact) mass is 454 g/mol. The van der Waals surface area contributed by atoms with Crippen LogP contribution < -0.4 is 4.74 Å². The molecule has 5 nitrogen and oxygen atoms in total. The van der Waals surface area contributed by atoms with Gasteiger partial charge in [-0.2, -0.15) is 0 Å². The van der Waals surface area contributed by atoms with Gasteiger partial charge >= 0.3 is 0 Å². The minimum Gasteiger partial charge on any atom is -0.484 e. The Hall–Kier alpha value is -2.53. The number of aryl methyl sites for hydroxylation is 1. The van der Waals surface area contributed by atoms with E-state index in [2.05, 4.69) is 29.2 Å². The van der Waals surface area contributed by atoms with E-state index in [1.54, 1.807) is 11.0 Å². The maximum atomic E-state index is 13.2. The third-order valence-electron chi connectivity index (χ3n) is 6.80. The number of rotatable bonds is 8. The molecule has 32 heavy (non-hydrogen) atoms. The van der Waals surface area contributed by atoms with Crippen LogP contribution in [0.2, 0.25) is 5.02 Å². The number of hydrogen-bond donors (Lipinski definition) is 0. The standard InChI is InChI=1S/C26H31ClN2O3/c1-3-28(4-2)25(30)17-32-21-11-9-19(23(27)16-21)15-20-13-14-29(26(20)31)24-12-10-18-7-5-6-8-22(18)24/h5-9,11,16,20,24H,3-4,10,12-15,17H2,1-2H3/t20?,24-/m0/s1. The van der Waals surface area contributed by atoms with Crippen molar-refractivity contribution in [3.63, 3.8) is 0 Å². The average Bonchev–Trinajstić information content (AvgIpc) is 3.38. The molecule has 0 bridgehead atoms. The third kappa shape index (κ3) is 4.63. The topological polar surface area (TPSA) is 49.9 Å². The number of likely N-dealkylation sites (tertiary alicyclic amines) is 1. The van der Waals surface area contributed by atoms with Gasteiger partial charge in [-0.3, -0.25) is 9.59 Å². The van der Waals surface area contributed by atoms with E-state index in [1.165, 1.54) is 11.1 Å². The van der Waals surface area contributed by atoms with Crippen LogP contribution in [0.15, 0.2) is 42.5 Å². The SMILES string of the molecule is CCN(CC)C(=O)COc1ccc(CC2CCN([C@H]3CCc4ccccc43)C2=O)c(Cl)c1. The van der Waals surface area contributed by atoms with Gasteiger partial charge in [0, 0.05) is 30.6 Å². The van der Waals surface area contributed by atoms with Gasteiger partial charge in [0.15, 0.2) is 6.61 Å². The highest BCUT2D eigenvalue weighted by atomic mass is 35.5. The summed E-state index contributed by atoms with van der Waals surface area (Å²) in [6, 6.07) is 14.2. The molecule has 0 spiro atoms. The summed E-state index contributed by atoms with van der Waals surface area (Å²) in [4.78, 5) is 29.1. The minimum absolute atomic E-state index is 0.00368. The largest absolute Gasteiger partial charge is 0.484 e. The molecule has 2 aromatic rings. The first-order valence-corrected chi connectivity index (χ1v) is 12.0. The van der Waals surface area contributed by atoms with Crippen LogP contribution in [0.5, 0.6) is 5.75 Å². The van der Waals surface area contributed by atoms with Crippen LogP contribution in [-0.4, -0.2) is 47.9 Å². The minimum atomic E-state index is -0.0451. The molecule has 2 atom stereocenters. The molecule has 1 fully saturated rings. The van der Waals surface area contributed by atoms with E-state index in [9.17, 15) is 9.59 Å². The van der Waals surface area contributed by atoms with Gasteiger partial charge in [0.05, 0.1) is 6.04 Å². The Kier molecular flexibility index (Phi) is 7.04. The van der Waals surface area contributed by atoms with Crippen LogP contribution in [0.1, 0.15) is 49.4 Å². The van der Waals surface area contributed by atoms with Crippen LogP contribution in [0.4, 0.5) is 0 Å². The Labute approximate surface area is 195 Å². The summed E-state index contributed by atoms with van der Waals surface area (Å²) < 4.78 is 5.65. The van der Waals surface area contributed by atoms with E-state index in [-0.39, 0.29) is 30.4 Å². The van der Waals surface area contributed by atoms with E-state index in [0.29, 0.717) is 30.3 Å². The number of likely N-dealkylation sites (N-methyl/N-ethyl adjacent to an activating group) is 1. The van der Waals surface area contributed by atoms with Crippen molar-refractivity contribution < 1.29 is 14.3 Å². The fourth-order valence-corrected chi connectivity index (χ4v) is 5.23. The van der Waals surface area contributed by atoms with E-state index >= 15 is 0 Å². The smallest absolute Gasteiger partial charge is 0.260 e. The first kappa shape index (κ1) is 22.7. The lowest BCUT2D eigenvalue weighted by molar-refractivity contribution is -0.133. The molecule has 170 valence electrons. The number of benzene rings is 2. The van der Waals surface area contributed by atoms with Crippen LogP contribution >= 0.6 is 11.6 Å². The summed E-state index contributed by atoms with van der Waals surface area (Å²) in [5, 5.41) is 0.579. The molecule has 1 unspecified atom stereocenters. The molecule has 6 heteroatoms. The first-order valence-electron chi connectivity index (χ1n) is 11.6. The predicted molar refractivity (Wildman–Crippen MR) is 126 cm³/mol. The zero-order valence-corrected chi connectivity index (χ0v) is 19.6. The van der Waals surface area contributed by atoms with E-state index in [0.717, 1.165) is 31.4 Å². The first-order chi connectivity index (χ1) is 15.5. The number of nitrogens with zero attached hydrogens (tertiary/aromatic N) is 2. The molecular formula is C26H31ClN2O3. The van der Waals surface area contributed by atoms with Crippen molar-refractivity contribution in [2.24, 2.45) is 5.92 Å². The van der Waals surface area contributed by atoms with Crippen molar-refractivity contribution in [1.82, 2.24) is 9.80 Å². The lowest BCUT2D eigenvalue weighted by Crippen LogP contribution is -2.34. The number of fused-ring (bicyclic) bond motifs is 1. The Morgan fingerprint density at radius 3 is 2.69 bits per heavy atom. The summed E-state index contributed by atoms with van der Waals surface area (Å²) in [6.07, 6.45) is 3.53. The van der Waals surface area contributed by atoms with Gasteiger partial charge in [-0.05, 0) is 68.4 Å². The number of amides is 2. The van der Waals surface area contributed by atoms with Crippen molar-refractivity contribution in [3.8, 4) is 5.75 Å². The lowest BCUT2D eigenvalue weighted by Gasteiger charge is -2.25. The van der Waals surface area contributed by atoms with Crippen molar-refractivity contribution >= 4 is 23.4 Å². The molecule has 0 aromatic heterocycles.